The molecule has 11 aromatic rings. The number of nitrogens with zero attached hydrogens (tertiary/aromatic N) is 2. The summed E-state index contributed by atoms with van der Waals surface area (Å²) in [6, 6.07) is 93.1. The zero-order valence-electron chi connectivity index (χ0n) is 34.6. The van der Waals surface area contributed by atoms with Crippen molar-refractivity contribution >= 4 is 38.9 Å². The summed E-state index contributed by atoms with van der Waals surface area (Å²) in [5.41, 5.74) is 18.8. The third-order valence-electron chi connectivity index (χ3n) is 13.1. The molecule has 12 rings (SSSR count). The van der Waals surface area contributed by atoms with E-state index in [9.17, 15) is 0 Å². The van der Waals surface area contributed by atoms with Gasteiger partial charge >= 0.3 is 0 Å². The largest absolute Gasteiger partial charge is 0.310 e. The molecule has 0 bridgehead atoms. The van der Waals surface area contributed by atoms with Gasteiger partial charge in [0, 0.05) is 33.5 Å². The lowest BCUT2D eigenvalue weighted by molar-refractivity contribution is 0.768. The molecule has 0 aliphatic heterocycles. The summed E-state index contributed by atoms with van der Waals surface area (Å²) < 4.78 is 2.40. The SMILES string of the molecule is c1ccc(-c2cc3c(cc2-c2ccc(N(c4ccccc4)c4ccc5c(c4)-c4ccccc4C5(c4ccccc4)c4ccccc4)cc2)c2ccccc2n3-c2ccccc2)cc1. The highest BCUT2D eigenvalue weighted by Crippen LogP contribution is 2.57. The number of aromatic nitrogens is 1. The monoisotopic (exact) mass is 802 g/mol. The number of anilines is 3. The van der Waals surface area contributed by atoms with Gasteiger partial charge in [0.2, 0.25) is 0 Å². The van der Waals surface area contributed by atoms with E-state index < -0.39 is 5.41 Å². The minimum Gasteiger partial charge on any atom is -0.310 e. The number of rotatable bonds is 8. The zero-order chi connectivity index (χ0) is 41.7. The molecule has 0 saturated heterocycles. The van der Waals surface area contributed by atoms with Crippen LogP contribution < -0.4 is 4.90 Å². The highest BCUT2D eigenvalue weighted by molar-refractivity contribution is 6.12. The van der Waals surface area contributed by atoms with E-state index in [-0.39, 0.29) is 0 Å². The molecule has 0 N–H and O–H groups in total. The van der Waals surface area contributed by atoms with Crippen molar-refractivity contribution in [3.8, 4) is 39.1 Å². The molecule has 0 amide bonds. The molecule has 1 aromatic heterocycles. The van der Waals surface area contributed by atoms with Crippen molar-refractivity contribution in [1.82, 2.24) is 4.57 Å². The molecule has 63 heavy (non-hydrogen) atoms. The van der Waals surface area contributed by atoms with Gasteiger partial charge in [-0.15, -0.1) is 0 Å². The molecule has 296 valence electrons. The predicted molar refractivity (Wildman–Crippen MR) is 264 cm³/mol. The van der Waals surface area contributed by atoms with E-state index >= 15 is 0 Å². The van der Waals surface area contributed by atoms with Crippen LogP contribution >= 0.6 is 0 Å². The van der Waals surface area contributed by atoms with Crippen LogP contribution in [0.15, 0.2) is 255 Å². The Bertz CT molecular complexity index is 3370. The first kappa shape index (κ1) is 36.6. The van der Waals surface area contributed by atoms with Crippen LogP contribution in [-0.2, 0) is 5.41 Å². The smallest absolute Gasteiger partial charge is 0.0713 e. The summed E-state index contributed by atoms with van der Waals surface area (Å²) >= 11 is 0. The van der Waals surface area contributed by atoms with Crippen LogP contribution in [-0.4, -0.2) is 4.57 Å². The van der Waals surface area contributed by atoms with E-state index in [0.29, 0.717) is 0 Å². The lowest BCUT2D eigenvalue weighted by atomic mass is 9.68. The second kappa shape index (κ2) is 15.1. The zero-order valence-corrected chi connectivity index (χ0v) is 34.6. The first-order valence-electron chi connectivity index (χ1n) is 21.8. The molecule has 1 heterocycles. The van der Waals surface area contributed by atoms with Crippen LogP contribution in [0.3, 0.4) is 0 Å². The summed E-state index contributed by atoms with van der Waals surface area (Å²) in [5, 5.41) is 2.48. The number of benzene rings is 10. The van der Waals surface area contributed by atoms with Gasteiger partial charge in [0.15, 0.2) is 0 Å². The molecule has 0 spiro atoms. The van der Waals surface area contributed by atoms with E-state index in [2.05, 4.69) is 264 Å². The molecule has 0 atom stereocenters. The molecular formula is C61H42N2. The topological polar surface area (TPSA) is 8.17 Å². The van der Waals surface area contributed by atoms with Crippen LogP contribution in [0.25, 0.3) is 60.9 Å². The fourth-order valence-electron chi connectivity index (χ4n) is 10.4. The van der Waals surface area contributed by atoms with Crippen LogP contribution in [0.4, 0.5) is 17.1 Å². The maximum absolute atomic E-state index is 2.41. The Morgan fingerprint density at radius 1 is 0.302 bits per heavy atom. The molecule has 0 saturated carbocycles. The predicted octanol–water partition coefficient (Wildman–Crippen LogP) is 16.0. The first-order valence-corrected chi connectivity index (χ1v) is 21.8. The maximum Gasteiger partial charge on any atom is 0.0713 e. The summed E-state index contributed by atoms with van der Waals surface area (Å²) in [7, 11) is 0. The quantitative estimate of drug-likeness (QED) is 0.149. The Morgan fingerprint density at radius 2 is 0.810 bits per heavy atom. The Hall–Kier alpha value is -8.20. The van der Waals surface area contributed by atoms with Crippen molar-refractivity contribution in [2.24, 2.45) is 0 Å². The first-order chi connectivity index (χ1) is 31.3. The number of fused-ring (bicyclic) bond motifs is 6. The fraction of sp³-hybridized carbons (Fsp3) is 0.0164. The van der Waals surface area contributed by atoms with E-state index in [1.165, 1.54) is 77.4 Å². The van der Waals surface area contributed by atoms with Gasteiger partial charge in [-0.3, -0.25) is 0 Å². The van der Waals surface area contributed by atoms with E-state index in [0.717, 1.165) is 22.7 Å². The molecule has 0 fully saturated rings. The Labute approximate surface area is 368 Å². The van der Waals surface area contributed by atoms with Crippen LogP contribution in [0.2, 0.25) is 0 Å². The molecule has 1 aliphatic carbocycles. The van der Waals surface area contributed by atoms with Crippen molar-refractivity contribution in [2.75, 3.05) is 4.90 Å². The van der Waals surface area contributed by atoms with Crippen molar-refractivity contribution in [2.45, 2.75) is 5.41 Å². The number of hydrogen-bond donors (Lipinski definition) is 0. The van der Waals surface area contributed by atoms with Gasteiger partial charge in [0.25, 0.3) is 0 Å². The third-order valence-corrected chi connectivity index (χ3v) is 13.1. The lowest BCUT2D eigenvalue weighted by Crippen LogP contribution is -2.28. The average molecular weight is 803 g/mol. The molecule has 2 heteroatoms. The standard InChI is InChI=1S/C61H42N2/c1-6-20-43(21-7-1)54-42-60-56(52-31-17-19-33-59(52)63(60)48-28-14-5-15-29-48)41-53(54)44-34-36-49(37-35-44)62(47-26-12-4-13-27-47)50-38-39-58-55(40-50)51-30-16-18-32-57(51)61(58,45-22-8-2-9-23-45)46-24-10-3-11-25-46/h1-42H. The molecule has 2 nitrogen and oxygen atoms in total. The van der Waals surface area contributed by atoms with Gasteiger partial charge in [-0.2, -0.15) is 0 Å². The summed E-state index contributed by atoms with van der Waals surface area (Å²) in [4.78, 5) is 2.40. The van der Waals surface area contributed by atoms with Crippen LogP contribution in [0.5, 0.6) is 0 Å². The van der Waals surface area contributed by atoms with E-state index in [4.69, 9.17) is 0 Å². The molecule has 1 aliphatic rings. The van der Waals surface area contributed by atoms with Gasteiger partial charge in [0.1, 0.15) is 0 Å². The Balaban J connectivity index is 1.02. The summed E-state index contributed by atoms with van der Waals surface area (Å²) in [6.45, 7) is 0. The van der Waals surface area contributed by atoms with Crippen molar-refractivity contribution < 1.29 is 0 Å². The van der Waals surface area contributed by atoms with Gasteiger partial charge in [-0.05, 0) is 122 Å². The summed E-state index contributed by atoms with van der Waals surface area (Å²) in [5.74, 6) is 0. The van der Waals surface area contributed by atoms with E-state index in [1.54, 1.807) is 0 Å². The van der Waals surface area contributed by atoms with Gasteiger partial charge < -0.3 is 9.47 Å². The lowest BCUT2D eigenvalue weighted by Gasteiger charge is -2.34. The highest BCUT2D eigenvalue weighted by Gasteiger charge is 2.46. The molecular weight excluding hydrogens is 761 g/mol. The third kappa shape index (κ3) is 5.87. The van der Waals surface area contributed by atoms with Crippen molar-refractivity contribution in [3.63, 3.8) is 0 Å². The second-order valence-electron chi connectivity index (χ2n) is 16.4. The van der Waals surface area contributed by atoms with E-state index in [1.807, 2.05) is 0 Å². The van der Waals surface area contributed by atoms with Crippen molar-refractivity contribution in [3.05, 3.63) is 277 Å². The van der Waals surface area contributed by atoms with Gasteiger partial charge in [-0.1, -0.05) is 188 Å². The van der Waals surface area contributed by atoms with Gasteiger partial charge in [-0.25, -0.2) is 0 Å². The molecule has 0 unspecified atom stereocenters. The van der Waals surface area contributed by atoms with Crippen LogP contribution in [0, 0.1) is 0 Å². The average Bonchev–Trinajstić information content (AvgIpc) is 3.85. The normalized spacial score (nSPS) is 12.6. The maximum atomic E-state index is 2.41. The molecule has 10 aromatic carbocycles. The molecule has 0 radical (unpaired) electrons. The van der Waals surface area contributed by atoms with Gasteiger partial charge in [0.05, 0.1) is 16.4 Å². The highest BCUT2D eigenvalue weighted by atomic mass is 15.1. The minimum absolute atomic E-state index is 0.447. The van der Waals surface area contributed by atoms with Crippen molar-refractivity contribution in [1.29, 1.82) is 0 Å². The number of para-hydroxylation sites is 3. The minimum atomic E-state index is -0.447. The Morgan fingerprint density at radius 3 is 1.51 bits per heavy atom. The fourth-order valence-corrected chi connectivity index (χ4v) is 10.4. The second-order valence-corrected chi connectivity index (χ2v) is 16.4. The summed E-state index contributed by atoms with van der Waals surface area (Å²) in [6.07, 6.45) is 0. The van der Waals surface area contributed by atoms with Crippen LogP contribution in [0.1, 0.15) is 22.3 Å². The number of hydrogen-bond acceptors (Lipinski definition) is 1. The Kier molecular flexibility index (Phi) is 8.76.